The minimum atomic E-state index is -3.48. The maximum atomic E-state index is 12.5. The summed E-state index contributed by atoms with van der Waals surface area (Å²) in [6.45, 7) is 8.32. The van der Waals surface area contributed by atoms with Crippen molar-refractivity contribution in [2.24, 2.45) is 10.7 Å². The van der Waals surface area contributed by atoms with Crippen molar-refractivity contribution in [3.8, 4) is 0 Å². The Balaban J connectivity index is 0.00000420. The Bertz CT molecular complexity index is 926. The first kappa shape index (κ1) is 25.4. The highest BCUT2D eigenvalue weighted by atomic mass is 127. The molecule has 0 atom stereocenters. The summed E-state index contributed by atoms with van der Waals surface area (Å²) in [5.74, 6) is 0.751. The normalized spacial score (nSPS) is 12.3. The minimum absolute atomic E-state index is 0. The lowest BCUT2D eigenvalue weighted by Crippen LogP contribution is -2.33. The van der Waals surface area contributed by atoms with E-state index in [0.29, 0.717) is 18.4 Å². The van der Waals surface area contributed by atoms with Crippen molar-refractivity contribution in [1.82, 2.24) is 4.31 Å². The number of nitrogens with one attached hydrogen (secondary N) is 1. The molecule has 0 fully saturated rings. The predicted molar refractivity (Wildman–Crippen MR) is 131 cm³/mol. The number of guanidine groups is 1. The highest BCUT2D eigenvalue weighted by molar-refractivity contribution is 14.0. The van der Waals surface area contributed by atoms with Crippen LogP contribution >= 0.6 is 24.0 Å². The second-order valence-electron chi connectivity index (χ2n) is 7.37. The van der Waals surface area contributed by atoms with E-state index in [1.807, 2.05) is 26.0 Å². The van der Waals surface area contributed by atoms with Crippen LogP contribution in [-0.4, -0.2) is 31.8 Å². The molecule has 8 heteroatoms. The van der Waals surface area contributed by atoms with Crippen molar-refractivity contribution >= 4 is 45.6 Å². The van der Waals surface area contributed by atoms with E-state index in [9.17, 15) is 8.42 Å². The lowest BCUT2D eigenvalue weighted by molar-refractivity contribution is 0.410. The summed E-state index contributed by atoms with van der Waals surface area (Å²) in [5, 5.41) is 3.10. The average molecular weight is 530 g/mol. The Labute approximate surface area is 191 Å². The maximum absolute atomic E-state index is 12.5. The minimum Gasteiger partial charge on any atom is -0.370 e. The van der Waals surface area contributed by atoms with Crippen molar-refractivity contribution in [2.45, 2.75) is 51.1 Å². The lowest BCUT2D eigenvalue weighted by Gasteiger charge is -2.21. The number of anilines is 1. The Kier molecular flexibility index (Phi) is 9.57. The molecule has 160 valence electrons. The SMILES string of the molecule is CC(C)c1cccc(NC(N)=NCc2ccc(S(=O)(=O)N(C)C(C)C)cc2)c1.I. The zero-order chi connectivity index (χ0) is 20.9. The smallest absolute Gasteiger partial charge is 0.243 e. The first-order chi connectivity index (χ1) is 13.1. The molecule has 0 spiro atoms. The molecule has 29 heavy (non-hydrogen) atoms. The van der Waals surface area contributed by atoms with Crippen LogP contribution in [0.15, 0.2) is 58.4 Å². The highest BCUT2D eigenvalue weighted by Gasteiger charge is 2.22. The van der Waals surface area contributed by atoms with Crippen LogP contribution in [0.5, 0.6) is 0 Å². The molecular formula is C21H31IN4O2S. The van der Waals surface area contributed by atoms with Crippen LogP contribution in [0.25, 0.3) is 0 Å². The summed E-state index contributed by atoms with van der Waals surface area (Å²) in [5.41, 5.74) is 8.99. The summed E-state index contributed by atoms with van der Waals surface area (Å²) in [6, 6.07) is 14.7. The average Bonchev–Trinajstić information content (AvgIpc) is 2.66. The molecule has 0 unspecified atom stereocenters. The Hall–Kier alpha value is -1.65. The largest absolute Gasteiger partial charge is 0.370 e. The molecule has 0 aliphatic heterocycles. The fourth-order valence-corrected chi connectivity index (χ4v) is 3.92. The third kappa shape index (κ3) is 6.97. The van der Waals surface area contributed by atoms with E-state index in [2.05, 4.69) is 36.3 Å². The van der Waals surface area contributed by atoms with Gasteiger partial charge in [0, 0.05) is 18.8 Å². The molecule has 0 aromatic heterocycles. The highest BCUT2D eigenvalue weighted by Crippen LogP contribution is 2.19. The first-order valence-electron chi connectivity index (χ1n) is 9.35. The van der Waals surface area contributed by atoms with Gasteiger partial charge in [-0.25, -0.2) is 13.4 Å². The lowest BCUT2D eigenvalue weighted by atomic mass is 10.0. The number of aliphatic imine (C=N–C) groups is 1. The molecule has 3 N–H and O–H groups in total. The summed E-state index contributed by atoms with van der Waals surface area (Å²) in [6.07, 6.45) is 0. The molecule has 0 saturated carbocycles. The number of hydrogen-bond acceptors (Lipinski definition) is 3. The summed E-state index contributed by atoms with van der Waals surface area (Å²) in [4.78, 5) is 4.61. The molecule has 0 radical (unpaired) electrons. The van der Waals surface area contributed by atoms with Crippen LogP contribution < -0.4 is 11.1 Å². The van der Waals surface area contributed by atoms with E-state index in [4.69, 9.17) is 5.73 Å². The predicted octanol–water partition coefficient (Wildman–Crippen LogP) is 4.38. The van der Waals surface area contributed by atoms with Crippen LogP contribution in [0.2, 0.25) is 0 Å². The number of nitrogens with two attached hydrogens (primary N) is 1. The van der Waals surface area contributed by atoms with E-state index in [1.54, 1.807) is 31.3 Å². The van der Waals surface area contributed by atoms with Crippen molar-refractivity contribution in [2.75, 3.05) is 12.4 Å². The fourth-order valence-electron chi connectivity index (χ4n) is 2.55. The van der Waals surface area contributed by atoms with Crippen molar-refractivity contribution in [1.29, 1.82) is 0 Å². The van der Waals surface area contributed by atoms with Gasteiger partial charge in [-0.15, -0.1) is 24.0 Å². The van der Waals surface area contributed by atoms with Crippen molar-refractivity contribution < 1.29 is 8.42 Å². The monoisotopic (exact) mass is 530 g/mol. The number of sulfonamides is 1. The number of benzene rings is 2. The van der Waals surface area contributed by atoms with Gasteiger partial charge in [0.15, 0.2) is 5.96 Å². The third-order valence-electron chi connectivity index (χ3n) is 4.59. The van der Waals surface area contributed by atoms with Gasteiger partial charge in [0.1, 0.15) is 0 Å². The van der Waals surface area contributed by atoms with E-state index in [0.717, 1.165) is 11.3 Å². The molecule has 0 aliphatic rings. The summed E-state index contributed by atoms with van der Waals surface area (Å²) >= 11 is 0. The second kappa shape index (κ2) is 10.9. The van der Waals surface area contributed by atoms with Crippen molar-refractivity contribution in [3.63, 3.8) is 0 Å². The van der Waals surface area contributed by atoms with Crippen LogP contribution in [0.3, 0.4) is 0 Å². The van der Waals surface area contributed by atoms with E-state index >= 15 is 0 Å². The summed E-state index contributed by atoms with van der Waals surface area (Å²) in [7, 11) is -1.90. The Morgan fingerprint density at radius 1 is 1.10 bits per heavy atom. The van der Waals surface area contributed by atoms with Gasteiger partial charge in [0.2, 0.25) is 10.0 Å². The van der Waals surface area contributed by atoms with Gasteiger partial charge >= 0.3 is 0 Å². The second-order valence-corrected chi connectivity index (χ2v) is 9.36. The maximum Gasteiger partial charge on any atom is 0.243 e. The van der Waals surface area contributed by atoms with Crippen LogP contribution in [0, 0.1) is 0 Å². The molecule has 2 aromatic carbocycles. The zero-order valence-electron chi connectivity index (χ0n) is 17.6. The third-order valence-corrected chi connectivity index (χ3v) is 6.63. The standard InChI is InChI=1S/C21H30N4O2S.HI/c1-15(2)18-7-6-8-19(13-18)24-21(22)23-14-17-9-11-20(12-10-17)28(26,27)25(5)16(3)4;/h6-13,15-16H,14H2,1-5H3,(H3,22,23,24);1H. The fraction of sp³-hybridized carbons (Fsp3) is 0.381. The molecule has 0 saturated heterocycles. The number of hydrogen-bond donors (Lipinski definition) is 2. The van der Waals surface area contributed by atoms with E-state index < -0.39 is 10.0 Å². The van der Waals surface area contributed by atoms with Gasteiger partial charge in [-0.1, -0.05) is 38.1 Å². The molecular weight excluding hydrogens is 499 g/mol. The Morgan fingerprint density at radius 2 is 1.72 bits per heavy atom. The molecule has 0 bridgehead atoms. The van der Waals surface area contributed by atoms with Crippen LogP contribution in [0.4, 0.5) is 5.69 Å². The van der Waals surface area contributed by atoms with Gasteiger partial charge in [-0.3, -0.25) is 0 Å². The van der Waals surface area contributed by atoms with Gasteiger partial charge in [-0.2, -0.15) is 4.31 Å². The molecule has 6 nitrogen and oxygen atoms in total. The quantitative estimate of drug-likeness (QED) is 0.316. The van der Waals surface area contributed by atoms with E-state index in [1.165, 1.54) is 9.87 Å². The van der Waals surface area contributed by atoms with Gasteiger partial charge < -0.3 is 11.1 Å². The molecule has 2 aromatic rings. The molecule has 0 aliphatic carbocycles. The van der Waals surface area contributed by atoms with E-state index in [-0.39, 0.29) is 34.9 Å². The van der Waals surface area contributed by atoms with Crippen molar-refractivity contribution in [3.05, 3.63) is 59.7 Å². The van der Waals surface area contributed by atoms with Gasteiger partial charge in [-0.05, 0) is 55.2 Å². The van der Waals surface area contributed by atoms with Crippen LogP contribution in [-0.2, 0) is 16.6 Å². The topological polar surface area (TPSA) is 87.8 Å². The van der Waals surface area contributed by atoms with Gasteiger partial charge in [0.05, 0.1) is 11.4 Å². The molecule has 2 rings (SSSR count). The van der Waals surface area contributed by atoms with Crippen LogP contribution in [0.1, 0.15) is 44.7 Å². The number of rotatable bonds is 7. The number of halogens is 1. The molecule has 0 heterocycles. The summed E-state index contributed by atoms with van der Waals surface area (Å²) < 4.78 is 26.4. The molecule has 0 amide bonds. The number of nitrogens with zero attached hydrogens (tertiary/aromatic N) is 2. The Morgan fingerprint density at radius 3 is 2.28 bits per heavy atom. The zero-order valence-corrected chi connectivity index (χ0v) is 20.7. The van der Waals surface area contributed by atoms with Gasteiger partial charge in [0.25, 0.3) is 0 Å². The first-order valence-corrected chi connectivity index (χ1v) is 10.8.